The van der Waals surface area contributed by atoms with E-state index in [4.69, 9.17) is 0 Å². The summed E-state index contributed by atoms with van der Waals surface area (Å²) in [5, 5.41) is 14.2. The fraction of sp³-hybridized carbons (Fsp3) is 0.267. The zero-order valence-corrected chi connectivity index (χ0v) is 10.5. The second-order valence-electron chi connectivity index (χ2n) is 4.08. The average molecular weight is 240 g/mol. The topological polar surface area (TPSA) is 38.1 Å². The molecule has 2 aromatic rings. The van der Waals surface area contributed by atoms with Gasteiger partial charge in [-0.15, -0.1) is 5.92 Å². The van der Waals surface area contributed by atoms with E-state index in [0.717, 1.165) is 11.3 Å². The first-order chi connectivity index (χ1) is 8.74. The second-order valence-corrected chi connectivity index (χ2v) is 4.08. The molecule has 18 heavy (non-hydrogen) atoms. The van der Waals surface area contributed by atoms with Crippen molar-refractivity contribution < 1.29 is 5.11 Å². The highest BCUT2D eigenvalue weighted by atomic mass is 16.3. The Kier molecular flexibility index (Phi) is 3.81. The molecule has 1 unspecified atom stereocenters. The summed E-state index contributed by atoms with van der Waals surface area (Å²) in [4.78, 5) is 0. The third-order valence-electron chi connectivity index (χ3n) is 2.91. The highest BCUT2D eigenvalue weighted by molar-refractivity contribution is 5.23. The van der Waals surface area contributed by atoms with Crippen molar-refractivity contribution in [1.82, 2.24) is 9.78 Å². The normalized spacial score (nSPS) is 13.5. The van der Waals surface area contributed by atoms with Crippen LogP contribution < -0.4 is 0 Å². The number of nitrogens with zero attached hydrogens (tertiary/aromatic N) is 2. The van der Waals surface area contributed by atoms with Crippen LogP contribution in [0.3, 0.4) is 0 Å². The van der Waals surface area contributed by atoms with Crippen LogP contribution >= 0.6 is 0 Å². The minimum Gasteiger partial charge on any atom is -0.374 e. The lowest BCUT2D eigenvalue weighted by Gasteiger charge is -2.17. The van der Waals surface area contributed by atoms with Gasteiger partial charge in [-0.05, 0) is 25.5 Å². The van der Waals surface area contributed by atoms with Crippen LogP contribution in [-0.4, -0.2) is 14.9 Å². The van der Waals surface area contributed by atoms with Crippen molar-refractivity contribution >= 4 is 0 Å². The molecule has 0 aliphatic heterocycles. The van der Waals surface area contributed by atoms with Crippen LogP contribution in [0.5, 0.6) is 0 Å². The molecule has 0 amide bonds. The summed E-state index contributed by atoms with van der Waals surface area (Å²) in [5.74, 6) is 5.46. The molecule has 2 atom stereocenters. The van der Waals surface area contributed by atoms with Gasteiger partial charge in [-0.25, -0.2) is 0 Å². The Balaban J connectivity index is 2.34. The van der Waals surface area contributed by atoms with E-state index < -0.39 is 6.10 Å². The fourth-order valence-corrected chi connectivity index (χ4v) is 1.95. The molecule has 3 nitrogen and oxygen atoms in total. The number of benzene rings is 1. The third-order valence-corrected chi connectivity index (χ3v) is 2.91. The Hall–Kier alpha value is -2.05. The van der Waals surface area contributed by atoms with Gasteiger partial charge in [0.15, 0.2) is 6.10 Å². The van der Waals surface area contributed by atoms with Crippen LogP contribution in [0.4, 0.5) is 0 Å². The van der Waals surface area contributed by atoms with Crippen LogP contribution in [0, 0.1) is 11.8 Å². The molecular weight excluding hydrogens is 224 g/mol. The molecule has 1 aromatic heterocycles. The van der Waals surface area contributed by atoms with Crippen molar-refractivity contribution in [3.05, 3.63) is 53.9 Å². The molecule has 0 saturated heterocycles. The summed E-state index contributed by atoms with van der Waals surface area (Å²) in [7, 11) is 0. The molecule has 2 rings (SSSR count). The highest BCUT2D eigenvalue weighted by Gasteiger charge is 2.16. The van der Waals surface area contributed by atoms with E-state index in [9.17, 15) is 5.11 Å². The molecule has 0 aliphatic carbocycles. The average Bonchev–Trinajstić information content (AvgIpc) is 2.88. The maximum atomic E-state index is 9.95. The molecule has 92 valence electrons. The Labute approximate surface area is 107 Å². The SMILES string of the molecule is CC#CC(O)c1ccnn1[C@H](C)c1ccccc1. The molecule has 0 spiro atoms. The quantitative estimate of drug-likeness (QED) is 0.837. The summed E-state index contributed by atoms with van der Waals surface area (Å²) in [5.41, 5.74) is 1.87. The van der Waals surface area contributed by atoms with Crippen LogP contribution in [0.15, 0.2) is 42.6 Å². The summed E-state index contributed by atoms with van der Waals surface area (Å²) in [6, 6.07) is 12.0. The molecule has 0 bridgehead atoms. The lowest BCUT2D eigenvalue weighted by molar-refractivity contribution is 0.223. The number of rotatable bonds is 3. The Bertz CT molecular complexity index is 563. The van der Waals surface area contributed by atoms with Crippen LogP contribution in [0.2, 0.25) is 0 Å². The van der Waals surface area contributed by atoms with Crippen molar-refractivity contribution in [2.45, 2.75) is 26.0 Å². The number of aliphatic hydroxyl groups excluding tert-OH is 1. The number of aliphatic hydroxyl groups is 1. The lowest BCUT2D eigenvalue weighted by atomic mass is 10.1. The van der Waals surface area contributed by atoms with Crippen molar-refractivity contribution in [2.24, 2.45) is 0 Å². The van der Waals surface area contributed by atoms with Crippen LogP contribution in [0.25, 0.3) is 0 Å². The van der Waals surface area contributed by atoms with Gasteiger partial charge >= 0.3 is 0 Å². The Morgan fingerprint density at radius 2 is 1.94 bits per heavy atom. The van der Waals surface area contributed by atoms with Gasteiger partial charge in [0, 0.05) is 6.20 Å². The number of aromatic nitrogens is 2. The molecule has 0 fully saturated rings. The van der Waals surface area contributed by atoms with Crippen molar-refractivity contribution in [1.29, 1.82) is 0 Å². The predicted octanol–water partition coefficient (Wildman–Crippen LogP) is 2.55. The van der Waals surface area contributed by atoms with Crippen LogP contribution in [0.1, 0.15) is 37.3 Å². The molecule has 0 radical (unpaired) electrons. The van der Waals surface area contributed by atoms with E-state index in [-0.39, 0.29) is 6.04 Å². The number of hydrogen-bond donors (Lipinski definition) is 1. The minimum absolute atomic E-state index is 0.0736. The zero-order valence-electron chi connectivity index (χ0n) is 10.5. The molecule has 1 heterocycles. The second kappa shape index (κ2) is 5.52. The fourth-order valence-electron chi connectivity index (χ4n) is 1.95. The van der Waals surface area contributed by atoms with E-state index in [0.29, 0.717) is 0 Å². The standard InChI is InChI=1S/C15H16N2O/c1-3-7-15(18)14-10-11-16-17(14)12(2)13-8-5-4-6-9-13/h4-6,8-12,15,18H,1-2H3/t12-,15?/m1/s1. The van der Waals surface area contributed by atoms with E-state index >= 15 is 0 Å². The maximum Gasteiger partial charge on any atom is 0.156 e. The summed E-state index contributed by atoms with van der Waals surface area (Å²) < 4.78 is 1.81. The van der Waals surface area contributed by atoms with E-state index in [1.54, 1.807) is 19.2 Å². The predicted molar refractivity (Wildman–Crippen MR) is 70.9 cm³/mol. The minimum atomic E-state index is -0.788. The van der Waals surface area contributed by atoms with Gasteiger partial charge in [0.25, 0.3) is 0 Å². The van der Waals surface area contributed by atoms with E-state index in [1.165, 1.54) is 0 Å². The van der Waals surface area contributed by atoms with Gasteiger partial charge in [-0.1, -0.05) is 36.3 Å². The number of hydrogen-bond acceptors (Lipinski definition) is 2. The van der Waals surface area contributed by atoms with Crippen molar-refractivity contribution in [2.75, 3.05) is 0 Å². The van der Waals surface area contributed by atoms with Gasteiger partial charge in [0.1, 0.15) is 0 Å². The summed E-state index contributed by atoms with van der Waals surface area (Å²) >= 11 is 0. The lowest BCUT2D eigenvalue weighted by Crippen LogP contribution is -2.13. The maximum absolute atomic E-state index is 9.95. The van der Waals surface area contributed by atoms with Gasteiger partial charge in [0.2, 0.25) is 0 Å². The zero-order chi connectivity index (χ0) is 13.0. The molecule has 3 heteroatoms. The molecule has 0 saturated carbocycles. The first kappa shape index (κ1) is 12.4. The van der Waals surface area contributed by atoms with Gasteiger partial charge in [0.05, 0.1) is 11.7 Å². The van der Waals surface area contributed by atoms with Gasteiger partial charge < -0.3 is 5.11 Å². The monoisotopic (exact) mass is 240 g/mol. The van der Waals surface area contributed by atoms with Crippen molar-refractivity contribution in [3.8, 4) is 11.8 Å². The van der Waals surface area contributed by atoms with Gasteiger partial charge in [-0.3, -0.25) is 4.68 Å². The summed E-state index contributed by atoms with van der Waals surface area (Å²) in [6.07, 6.45) is 0.902. The molecular formula is C15H16N2O. The highest BCUT2D eigenvalue weighted by Crippen LogP contribution is 2.21. The van der Waals surface area contributed by atoms with Gasteiger partial charge in [-0.2, -0.15) is 5.10 Å². The van der Waals surface area contributed by atoms with E-state index in [2.05, 4.69) is 23.9 Å². The Morgan fingerprint density at radius 3 is 2.61 bits per heavy atom. The van der Waals surface area contributed by atoms with E-state index in [1.807, 2.05) is 35.0 Å². The van der Waals surface area contributed by atoms with Crippen molar-refractivity contribution in [3.63, 3.8) is 0 Å². The Morgan fingerprint density at radius 1 is 1.22 bits per heavy atom. The molecule has 1 aromatic carbocycles. The first-order valence-corrected chi connectivity index (χ1v) is 5.92. The summed E-state index contributed by atoms with van der Waals surface area (Å²) in [6.45, 7) is 3.77. The third kappa shape index (κ3) is 2.44. The smallest absolute Gasteiger partial charge is 0.156 e. The largest absolute Gasteiger partial charge is 0.374 e. The van der Waals surface area contributed by atoms with Crippen LogP contribution in [-0.2, 0) is 0 Å². The molecule has 0 aliphatic rings. The molecule has 1 N–H and O–H groups in total. The first-order valence-electron chi connectivity index (χ1n) is 5.92.